The van der Waals surface area contributed by atoms with Crippen molar-refractivity contribution >= 4 is 0 Å². The molecule has 0 atom stereocenters. The van der Waals surface area contributed by atoms with Gasteiger partial charge in [0.25, 0.3) is 0 Å². The van der Waals surface area contributed by atoms with Crippen LogP contribution in [0, 0.1) is 0 Å². The first kappa shape index (κ1) is 32.1. The molecular formula is C18H12K2O6Ti. The zero-order chi connectivity index (χ0) is 17.9. The summed E-state index contributed by atoms with van der Waals surface area (Å²) in [5, 5.41) is 61.8. The molecule has 3 rings (SSSR count). The Kier molecular flexibility index (Phi) is 22.0. The SMILES string of the molecule is [K+].[K+].[O-]c1ccccc1[O-].[O-]c1ccccc1[O-].[O-]c1ccccc1[O-].[Ti+4]. The quantitative estimate of drug-likeness (QED) is 0.312. The maximum absolute atomic E-state index is 10.3. The van der Waals surface area contributed by atoms with Gasteiger partial charge in [-0.3, -0.25) is 0 Å². The number of benzene rings is 3. The summed E-state index contributed by atoms with van der Waals surface area (Å²) in [7, 11) is 0. The second-order valence-corrected chi connectivity index (χ2v) is 4.34. The Labute approximate surface area is 257 Å². The van der Waals surface area contributed by atoms with Crippen LogP contribution >= 0.6 is 0 Å². The molecule has 0 saturated heterocycles. The van der Waals surface area contributed by atoms with Crippen LogP contribution in [0.25, 0.3) is 0 Å². The van der Waals surface area contributed by atoms with Gasteiger partial charge in [0.05, 0.1) is 0 Å². The monoisotopic (exact) mass is 450 g/mol. The molecule has 0 aliphatic heterocycles. The van der Waals surface area contributed by atoms with E-state index in [4.69, 9.17) is 0 Å². The van der Waals surface area contributed by atoms with Gasteiger partial charge >= 0.3 is 124 Å². The summed E-state index contributed by atoms with van der Waals surface area (Å²) >= 11 is 0. The van der Waals surface area contributed by atoms with Crippen LogP contribution < -0.4 is 133 Å². The predicted molar refractivity (Wildman–Crippen MR) is 76.0 cm³/mol. The summed E-state index contributed by atoms with van der Waals surface area (Å²) in [6.07, 6.45) is 0. The van der Waals surface area contributed by atoms with Crippen molar-refractivity contribution in [1.29, 1.82) is 0 Å². The molecule has 3 aromatic rings. The molecule has 3 aromatic carbocycles. The second kappa shape index (κ2) is 18.5. The third-order valence-corrected chi connectivity index (χ3v) is 2.55. The minimum Gasteiger partial charge on any atom is -0.873 e. The maximum atomic E-state index is 10.3. The van der Waals surface area contributed by atoms with E-state index in [1.54, 1.807) is 36.4 Å². The standard InChI is InChI=1S/3C6H6O2.2K.Ti/c3*7-5-3-1-2-4-6(5)8;;;/h3*1-4,7-8H;;;/q;;;2*+1;+4/p-6. The van der Waals surface area contributed by atoms with E-state index in [2.05, 4.69) is 0 Å². The molecule has 0 N–H and O–H groups in total. The minimum absolute atomic E-state index is 0. The first-order chi connectivity index (χ1) is 11.4. The zero-order valence-electron chi connectivity index (χ0n) is 14.9. The van der Waals surface area contributed by atoms with E-state index in [1.165, 1.54) is 36.4 Å². The summed E-state index contributed by atoms with van der Waals surface area (Å²) in [5.41, 5.74) is 0. The van der Waals surface area contributed by atoms with Crippen molar-refractivity contribution < 1.29 is 155 Å². The van der Waals surface area contributed by atoms with Gasteiger partial charge in [0.1, 0.15) is 0 Å². The molecule has 0 unspecified atom stereocenters. The van der Waals surface area contributed by atoms with E-state index >= 15 is 0 Å². The maximum Gasteiger partial charge on any atom is 4.00 e. The van der Waals surface area contributed by atoms with Crippen molar-refractivity contribution in [1.82, 2.24) is 0 Å². The van der Waals surface area contributed by atoms with Gasteiger partial charge in [-0.25, -0.2) is 0 Å². The molecule has 0 saturated carbocycles. The van der Waals surface area contributed by atoms with Crippen molar-refractivity contribution in [2.75, 3.05) is 0 Å². The molecule has 0 amide bonds. The molecule has 27 heavy (non-hydrogen) atoms. The van der Waals surface area contributed by atoms with Crippen LogP contribution in [-0.4, -0.2) is 0 Å². The van der Waals surface area contributed by atoms with Gasteiger partial charge in [0.15, 0.2) is 0 Å². The normalized spacial score (nSPS) is 8.00. The summed E-state index contributed by atoms with van der Waals surface area (Å²) in [6.45, 7) is 0. The van der Waals surface area contributed by atoms with Gasteiger partial charge in [0, 0.05) is 0 Å². The van der Waals surface area contributed by atoms with Crippen LogP contribution in [0.4, 0.5) is 0 Å². The van der Waals surface area contributed by atoms with Crippen molar-refractivity contribution in [2.45, 2.75) is 0 Å². The summed E-state index contributed by atoms with van der Waals surface area (Å²) in [5.74, 6) is -2.62. The number of hydrogen-bond donors (Lipinski definition) is 0. The number of para-hydroxylation sites is 6. The Morgan fingerprint density at radius 3 is 0.519 bits per heavy atom. The summed E-state index contributed by atoms with van der Waals surface area (Å²) < 4.78 is 0. The molecule has 0 aromatic heterocycles. The predicted octanol–water partition coefficient (Wildman–Crippen LogP) is -6.49. The fourth-order valence-electron chi connectivity index (χ4n) is 1.35. The average Bonchev–Trinajstić information content (AvgIpc) is 2.57. The zero-order valence-corrected chi connectivity index (χ0v) is 22.7. The van der Waals surface area contributed by atoms with Crippen molar-refractivity contribution in [3.63, 3.8) is 0 Å². The first-order valence-corrected chi connectivity index (χ1v) is 6.71. The summed E-state index contributed by atoms with van der Waals surface area (Å²) in [4.78, 5) is 0. The molecule has 0 heterocycles. The van der Waals surface area contributed by atoms with Gasteiger partial charge in [0.2, 0.25) is 0 Å². The molecule has 0 bridgehead atoms. The van der Waals surface area contributed by atoms with Crippen LogP contribution in [0.1, 0.15) is 0 Å². The van der Waals surface area contributed by atoms with Gasteiger partial charge in [-0.15, -0.1) is 34.5 Å². The van der Waals surface area contributed by atoms with Crippen molar-refractivity contribution in [3.8, 4) is 34.5 Å². The molecule has 0 aliphatic carbocycles. The fraction of sp³-hybridized carbons (Fsp3) is 0. The third kappa shape index (κ3) is 14.1. The molecule has 126 valence electrons. The average molecular weight is 450 g/mol. The van der Waals surface area contributed by atoms with E-state index in [1.807, 2.05) is 0 Å². The van der Waals surface area contributed by atoms with Gasteiger partial charge in [-0.05, 0) is 0 Å². The van der Waals surface area contributed by atoms with Gasteiger partial charge in [-0.2, -0.15) is 0 Å². The van der Waals surface area contributed by atoms with E-state index in [-0.39, 0.29) is 124 Å². The van der Waals surface area contributed by atoms with E-state index in [0.29, 0.717) is 0 Å². The Morgan fingerprint density at radius 2 is 0.444 bits per heavy atom. The number of rotatable bonds is 0. The smallest absolute Gasteiger partial charge is 0.873 e. The third-order valence-electron chi connectivity index (χ3n) is 2.55. The van der Waals surface area contributed by atoms with Crippen LogP contribution in [0.15, 0.2) is 72.8 Å². The van der Waals surface area contributed by atoms with Crippen LogP contribution in [0.3, 0.4) is 0 Å². The number of hydrogen-bond acceptors (Lipinski definition) is 6. The van der Waals surface area contributed by atoms with E-state index in [9.17, 15) is 30.6 Å². The van der Waals surface area contributed by atoms with Crippen molar-refractivity contribution in [3.05, 3.63) is 72.8 Å². The molecule has 0 aliphatic rings. The van der Waals surface area contributed by atoms with Gasteiger partial charge in [-0.1, -0.05) is 72.8 Å². The summed E-state index contributed by atoms with van der Waals surface area (Å²) in [6, 6.07) is 16.8. The molecular weight excluding hydrogens is 438 g/mol. The Bertz CT molecular complexity index is 608. The van der Waals surface area contributed by atoms with E-state index in [0.717, 1.165) is 0 Å². The molecule has 0 radical (unpaired) electrons. The Balaban J connectivity index is -0.000000303. The molecule has 9 heteroatoms. The minimum atomic E-state index is -0.437. The molecule has 0 spiro atoms. The van der Waals surface area contributed by atoms with Gasteiger partial charge < -0.3 is 30.6 Å². The largest absolute Gasteiger partial charge is 4.00 e. The molecule has 0 fully saturated rings. The van der Waals surface area contributed by atoms with Crippen LogP contribution in [0.5, 0.6) is 34.5 Å². The van der Waals surface area contributed by atoms with Crippen LogP contribution in [0.2, 0.25) is 0 Å². The van der Waals surface area contributed by atoms with Crippen molar-refractivity contribution in [2.24, 2.45) is 0 Å². The van der Waals surface area contributed by atoms with E-state index < -0.39 is 34.5 Å². The van der Waals surface area contributed by atoms with Crippen LogP contribution in [-0.2, 0) is 21.7 Å². The first-order valence-electron chi connectivity index (χ1n) is 6.71. The fourth-order valence-corrected chi connectivity index (χ4v) is 1.35. The Morgan fingerprint density at radius 1 is 0.333 bits per heavy atom. The topological polar surface area (TPSA) is 138 Å². The second-order valence-electron chi connectivity index (χ2n) is 4.34. The molecule has 6 nitrogen and oxygen atoms in total. The Hall–Kier alpha value is 0.447.